The minimum absolute atomic E-state index is 0.0371. The summed E-state index contributed by atoms with van der Waals surface area (Å²) in [6.45, 7) is 0.0371. The second kappa shape index (κ2) is 5.46. The second-order valence-corrected chi connectivity index (χ2v) is 5.00. The van der Waals surface area contributed by atoms with Gasteiger partial charge in [0.05, 0.1) is 6.10 Å². The number of likely N-dealkylation sites (tertiary alicyclic amines) is 1. The monoisotopic (exact) mass is 279 g/mol. The van der Waals surface area contributed by atoms with E-state index in [1.165, 1.54) is 11.1 Å². The zero-order chi connectivity index (χ0) is 14.9. The third-order valence-electron chi connectivity index (χ3n) is 3.28. The number of aliphatic hydroxyl groups is 1. The summed E-state index contributed by atoms with van der Waals surface area (Å²) in [5, 5.41) is 18.7. The van der Waals surface area contributed by atoms with Gasteiger partial charge in [-0.3, -0.25) is 4.79 Å². The molecule has 0 unspecified atom stereocenters. The molecule has 0 spiro atoms. The number of hydrogen-bond donors (Lipinski definition) is 2. The summed E-state index contributed by atoms with van der Waals surface area (Å²) < 4.78 is 0. The number of carboxylic acid groups (broad SMARTS) is 1. The van der Waals surface area contributed by atoms with Crippen LogP contribution in [0, 0.1) is 0 Å². The topological polar surface area (TPSA) is 94.0 Å². The molecule has 2 atom stereocenters. The number of aliphatic hydroxyl groups excluding tert-OH is 1. The molecule has 0 saturated carbocycles. The lowest BCUT2D eigenvalue weighted by Crippen LogP contribution is -2.40. The maximum Gasteiger partial charge on any atom is 0.326 e. The van der Waals surface area contributed by atoms with E-state index < -0.39 is 24.0 Å². The van der Waals surface area contributed by atoms with Gasteiger partial charge in [-0.2, -0.15) is 0 Å². The Morgan fingerprint density at radius 2 is 2.15 bits per heavy atom. The van der Waals surface area contributed by atoms with E-state index >= 15 is 0 Å². The Bertz CT molecular complexity index is 532. The van der Waals surface area contributed by atoms with E-state index in [2.05, 4.69) is 4.98 Å². The van der Waals surface area contributed by atoms with Gasteiger partial charge in [0.25, 0.3) is 5.91 Å². The summed E-state index contributed by atoms with van der Waals surface area (Å²) in [4.78, 5) is 30.6. The third-order valence-corrected chi connectivity index (χ3v) is 3.28. The van der Waals surface area contributed by atoms with Gasteiger partial charge >= 0.3 is 5.97 Å². The van der Waals surface area contributed by atoms with Crippen molar-refractivity contribution in [2.45, 2.75) is 18.6 Å². The van der Waals surface area contributed by atoms with Gasteiger partial charge in [0, 0.05) is 38.8 Å². The van der Waals surface area contributed by atoms with E-state index in [0.29, 0.717) is 11.4 Å². The van der Waals surface area contributed by atoms with Crippen LogP contribution in [0.5, 0.6) is 0 Å². The minimum atomic E-state index is -1.10. The van der Waals surface area contributed by atoms with Crippen LogP contribution in [0.3, 0.4) is 0 Å². The molecule has 0 aliphatic carbocycles. The standard InChI is InChI=1S/C13H17N3O4/c1-15(2)11-5-8(3-4-14-11)12(18)16-7-9(17)6-10(16)13(19)20/h3-5,9-10,17H,6-7H2,1-2H3,(H,19,20)/t9-,10-/m1/s1. The van der Waals surface area contributed by atoms with Gasteiger partial charge in [-0.15, -0.1) is 0 Å². The highest BCUT2D eigenvalue weighted by Gasteiger charge is 2.39. The number of carbonyl (C=O) groups is 2. The molecule has 1 aliphatic rings. The largest absolute Gasteiger partial charge is 0.480 e. The fourth-order valence-electron chi connectivity index (χ4n) is 2.23. The van der Waals surface area contributed by atoms with Crippen LogP contribution in [-0.2, 0) is 4.79 Å². The first-order chi connectivity index (χ1) is 9.40. The first kappa shape index (κ1) is 14.3. The molecule has 7 heteroatoms. The predicted octanol–water partition coefficient (Wildman–Crippen LogP) is -0.192. The predicted molar refractivity (Wildman–Crippen MR) is 71.6 cm³/mol. The van der Waals surface area contributed by atoms with Crippen LogP contribution in [0.25, 0.3) is 0 Å². The van der Waals surface area contributed by atoms with Crippen LogP contribution in [0.15, 0.2) is 18.3 Å². The molecule has 1 aliphatic heterocycles. The molecular weight excluding hydrogens is 262 g/mol. The molecule has 1 aromatic heterocycles. The van der Waals surface area contributed by atoms with Gasteiger partial charge in [-0.1, -0.05) is 0 Å². The van der Waals surface area contributed by atoms with Crippen molar-refractivity contribution in [1.82, 2.24) is 9.88 Å². The van der Waals surface area contributed by atoms with Gasteiger partial charge in [0.2, 0.25) is 0 Å². The molecule has 0 bridgehead atoms. The lowest BCUT2D eigenvalue weighted by Gasteiger charge is -2.21. The van der Waals surface area contributed by atoms with Crippen molar-refractivity contribution in [2.24, 2.45) is 0 Å². The molecule has 0 radical (unpaired) electrons. The van der Waals surface area contributed by atoms with E-state index in [0.717, 1.165) is 0 Å². The summed E-state index contributed by atoms with van der Waals surface area (Å²) in [6, 6.07) is 2.17. The highest BCUT2D eigenvalue weighted by molar-refractivity contribution is 5.97. The molecule has 1 saturated heterocycles. The van der Waals surface area contributed by atoms with Crippen LogP contribution in [-0.4, -0.2) is 64.8 Å². The second-order valence-electron chi connectivity index (χ2n) is 5.00. The zero-order valence-corrected chi connectivity index (χ0v) is 11.4. The van der Waals surface area contributed by atoms with Crippen molar-refractivity contribution in [1.29, 1.82) is 0 Å². The van der Waals surface area contributed by atoms with Crippen LogP contribution in [0.4, 0.5) is 5.82 Å². The Kier molecular flexibility index (Phi) is 3.89. The number of anilines is 1. The highest BCUT2D eigenvalue weighted by atomic mass is 16.4. The van der Waals surface area contributed by atoms with Gasteiger partial charge < -0.3 is 20.0 Å². The fraction of sp³-hybridized carbons (Fsp3) is 0.462. The summed E-state index contributed by atoms with van der Waals surface area (Å²) in [6.07, 6.45) is 0.771. The van der Waals surface area contributed by atoms with E-state index in [1.807, 2.05) is 0 Å². The summed E-state index contributed by atoms with van der Waals surface area (Å²) in [5.41, 5.74) is 0.365. The van der Waals surface area contributed by atoms with Crippen LogP contribution < -0.4 is 4.90 Å². The molecule has 1 aromatic rings. The number of amides is 1. The summed E-state index contributed by atoms with van der Waals surface area (Å²) >= 11 is 0. The molecule has 7 nitrogen and oxygen atoms in total. The molecule has 1 amide bonds. The third kappa shape index (κ3) is 2.72. The first-order valence-corrected chi connectivity index (χ1v) is 6.25. The Hall–Kier alpha value is -2.15. The Morgan fingerprint density at radius 3 is 2.75 bits per heavy atom. The average Bonchev–Trinajstić information content (AvgIpc) is 2.80. The minimum Gasteiger partial charge on any atom is -0.480 e. The quantitative estimate of drug-likeness (QED) is 0.796. The zero-order valence-electron chi connectivity index (χ0n) is 11.4. The Balaban J connectivity index is 2.26. The Labute approximate surface area is 116 Å². The molecule has 108 valence electrons. The van der Waals surface area contributed by atoms with Crippen LogP contribution in [0.1, 0.15) is 16.8 Å². The molecule has 1 fully saturated rings. The number of carbonyl (C=O) groups excluding carboxylic acids is 1. The Morgan fingerprint density at radius 1 is 1.45 bits per heavy atom. The molecule has 0 aromatic carbocycles. The lowest BCUT2D eigenvalue weighted by atomic mass is 10.2. The van der Waals surface area contributed by atoms with Crippen LogP contribution in [0.2, 0.25) is 0 Å². The number of aromatic nitrogens is 1. The van der Waals surface area contributed by atoms with Gasteiger partial charge in [0.15, 0.2) is 0 Å². The van der Waals surface area contributed by atoms with Crippen molar-refractivity contribution in [3.63, 3.8) is 0 Å². The number of pyridine rings is 1. The number of hydrogen-bond acceptors (Lipinski definition) is 5. The fourth-order valence-corrected chi connectivity index (χ4v) is 2.23. The number of aliphatic carboxylic acids is 1. The van der Waals surface area contributed by atoms with Gasteiger partial charge in [-0.05, 0) is 12.1 Å². The number of carboxylic acids is 1. The summed E-state index contributed by atoms with van der Waals surface area (Å²) in [7, 11) is 3.60. The first-order valence-electron chi connectivity index (χ1n) is 6.25. The molecule has 2 heterocycles. The number of β-amino-alcohol motifs (C(OH)–C–C–N with tert-alkyl or cyclic N) is 1. The smallest absolute Gasteiger partial charge is 0.326 e. The molecule has 2 rings (SSSR count). The van der Waals surface area contributed by atoms with Gasteiger partial charge in [-0.25, -0.2) is 9.78 Å². The van der Waals surface area contributed by atoms with Crippen molar-refractivity contribution in [2.75, 3.05) is 25.5 Å². The normalized spacial score (nSPS) is 21.9. The highest BCUT2D eigenvalue weighted by Crippen LogP contribution is 2.22. The van der Waals surface area contributed by atoms with E-state index in [1.54, 1.807) is 31.1 Å². The van der Waals surface area contributed by atoms with Crippen molar-refractivity contribution in [3.8, 4) is 0 Å². The van der Waals surface area contributed by atoms with Crippen LogP contribution >= 0.6 is 0 Å². The maximum absolute atomic E-state index is 12.4. The molecular formula is C13H17N3O4. The number of nitrogens with zero attached hydrogens (tertiary/aromatic N) is 3. The van der Waals surface area contributed by atoms with Crippen molar-refractivity contribution >= 4 is 17.7 Å². The van der Waals surface area contributed by atoms with E-state index in [-0.39, 0.29) is 13.0 Å². The van der Waals surface area contributed by atoms with E-state index in [4.69, 9.17) is 5.11 Å². The average molecular weight is 279 g/mol. The summed E-state index contributed by atoms with van der Waals surface area (Å²) in [5.74, 6) is -0.890. The maximum atomic E-state index is 12.4. The van der Waals surface area contributed by atoms with E-state index in [9.17, 15) is 14.7 Å². The van der Waals surface area contributed by atoms with Crippen molar-refractivity contribution < 1.29 is 19.8 Å². The SMILES string of the molecule is CN(C)c1cc(C(=O)N2C[C@H](O)C[C@@H]2C(=O)O)ccn1. The van der Waals surface area contributed by atoms with Gasteiger partial charge in [0.1, 0.15) is 11.9 Å². The molecule has 2 N–H and O–H groups in total. The van der Waals surface area contributed by atoms with Crippen molar-refractivity contribution in [3.05, 3.63) is 23.9 Å². The molecule has 20 heavy (non-hydrogen) atoms. The lowest BCUT2D eigenvalue weighted by molar-refractivity contribution is -0.141. The number of rotatable bonds is 3.